The number of nitrogens with one attached hydrogen (secondary N) is 2. The smallest absolute Gasteiger partial charge is 0.321 e. The fourth-order valence-corrected chi connectivity index (χ4v) is 2.58. The van der Waals surface area contributed by atoms with Crippen molar-refractivity contribution in [2.75, 3.05) is 5.32 Å². The van der Waals surface area contributed by atoms with Crippen LogP contribution in [0.4, 0.5) is 9.93 Å². The van der Waals surface area contributed by atoms with Crippen LogP contribution in [0, 0.1) is 0 Å². The van der Waals surface area contributed by atoms with E-state index >= 15 is 0 Å². The Morgan fingerprint density at radius 2 is 2.23 bits per heavy atom. The van der Waals surface area contributed by atoms with Gasteiger partial charge in [-0.25, -0.2) is 14.5 Å². The molecule has 0 aliphatic rings. The number of urea groups is 1. The molecule has 2 heterocycles. The van der Waals surface area contributed by atoms with Gasteiger partial charge in [0.2, 0.25) is 0 Å². The number of rotatable bonds is 4. The van der Waals surface area contributed by atoms with Gasteiger partial charge in [0.05, 0.1) is 11.7 Å². The molecule has 2 N–H and O–H groups in total. The van der Waals surface area contributed by atoms with Crippen LogP contribution in [0.1, 0.15) is 18.5 Å². The third-order valence-electron chi connectivity index (χ3n) is 3.14. The number of carbonyl (C=O) groups is 1. The van der Waals surface area contributed by atoms with Crippen LogP contribution in [0.5, 0.6) is 0 Å². The van der Waals surface area contributed by atoms with Gasteiger partial charge in [-0.05, 0) is 30.7 Å². The summed E-state index contributed by atoms with van der Waals surface area (Å²) < 4.78 is 1.78. The van der Waals surface area contributed by atoms with E-state index in [2.05, 4.69) is 20.7 Å². The zero-order valence-electron chi connectivity index (χ0n) is 11.9. The predicted molar refractivity (Wildman–Crippen MR) is 86.2 cm³/mol. The number of carbonyl (C=O) groups excluding carboxylic acids is 1. The lowest BCUT2D eigenvalue weighted by Crippen LogP contribution is -2.31. The summed E-state index contributed by atoms with van der Waals surface area (Å²) in [7, 11) is 0. The molecular formula is C15H15N5OS. The molecule has 0 saturated carbocycles. The number of thiazole rings is 1. The quantitative estimate of drug-likeness (QED) is 0.777. The van der Waals surface area contributed by atoms with Gasteiger partial charge in [0.15, 0.2) is 5.13 Å². The molecule has 112 valence electrons. The maximum Gasteiger partial charge on any atom is 0.321 e. The second-order valence-corrected chi connectivity index (χ2v) is 5.60. The fraction of sp³-hybridized carbons (Fsp3) is 0.133. The number of aromatic nitrogens is 3. The molecule has 3 rings (SSSR count). The molecule has 7 heteroatoms. The summed E-state index contributed by atoms with van der Waals surface area (Å²) in [4.78, 5) is 16.0. The van der Waals surface area contributed by atoms with Crippen molar-refractivity contribution in [2.24, 2.45) is 0 Å². The van der Waals surface area contributed by atoms with Crippen LogP contribution >= 0.6 is 11.3 Å². The van der Waals surface area contributed by atoms with E-state index in [4.69, 9.17) is 0 Å². The lowest BCUT2D eigenvalue weighted by atomic mass is 10.1. The Balaban J connectivity index is 1.68. The minimum atomic E-state index is -0.271. The highest BCUT2D eigenvalue weighted by atomic mass is 32.1. The van der Waals surface area contributed by atoms with Crippen LogP contribution < -0.4 is 10.6 Å². The number of amides is 2. The third kappa shape index (κ3) is 3.32. The van der Waals surface area contributed by atoms with Gasteiger partial charge in [-0.3, -0.25) is 5.32 Å². The standard InChI is InChI=1S/C15H15N5OS/c1-11(18-14(21)19-15-16-7-9-22-15)12-4-2-5-13(10-12)20-8-3-6-17-20/h2-11H,1H3,(H2,16,18,19,21). The Hall–Kier alpha value is -2.67. The van der Waals surface area contributed by atoms with Crippen molar-refractivity contribution < 1.29 is 4.79 Å². The fourth-order valence-electron chi connectivity index (χ4n) is 2.06. The van der Waals surface area contributed by atoms with Crippen LogP contribution in [0.25, 0.3) is 5.69 Å². The Bertz CT molecular complexity index is 739. The molecule has 0 aliphatic heterocycles. The van der Waals surface area contributed by atoms with Gasteiger partial charge in [0, 0.05) is 24.0 Å². The Morgan fingerprint density at radius 3 is 2.95 bits per heavy atom. The van der Waals surface area contributed by atoms with E-state index < -0.39 is 0 Å². The molecule has 0 aliphatic carbocycles. The van der Waals surface area contributed by atoms with Crippen LogP contribution in [-0.4, -0.2) is 20.8 Å². The molecule has 22 heavy (non-hydrogen) atoms. The molecule has 1 atom stereocenters. The van der Waals surface area contributed by atoms with Gasteiger partial charge in [-0.2, -0.15) is 5.10 Å². The highest BCUT2D eigenvalue weighted by Crippen LogP contribution is 2.17. The maximum absolute atomic E-state index is 11.9. The zero-order chi connectivity index (χ0) is 15.4. The first-order chi connectivity index (χ1) is 10.7. The average Bonchev–Trinajstić information content (AvgIpc) is 3.20. The van der Waals surface area contributed by atoms with Crippen molar-refractivity contribution in [1.82, 2.24) is 20.1 Å². The first-order valence-corrected chi connectivity index (χ1v) is 7.67. The Labute approximate surface area is 131 Å². The number of hydrogen-bond donors (Lipinski definition) is 2. The van der Waals surface area contributed by atoms with E-state index in [1.165, 1.54) is 11.3 Å². The summed E-state index contributed by atoms with van der Waals surface area (Å²) >= 11 is 1.38. The van der Waals surface area contributed by atoms with Crippen LogP contribution in [0.3, 0.4) is 0 Å². The van der Waals surface area contributed by atoms with Crippen molar-refractivity contribution >= 4 is 22.5 Å². The average molecular weight is 313 g/mol. The summed E-state index contributed by atoms with van der Waals surface area (Å²) in [6.45, 7) is 1.93. The lowest BCUT2D eigenvalue weighted by Gasteiger charge is -2.15. The van der Waals surface area contributed by atoms with Crippen molar-refractivity contribution in [3.8, 4) is 5.69 Å². The summed E-state index contributed by atoms with van der Waals surface area (Å²) in [5.74, 6) is 0. The molecule has 0 spiro atoms. The molecule has 0 fully saturated rings. The molecule has 2 aromatic heterocycles. The van der Waals surface area contributed by atoms with Gasteiger partial charge in [-0.15, -0.1) is 11.3 Å². The van der Waals surface area contributed by atoms with Gasteiger partial charge in [0.1, 0.15) is 0 Å². The summed E-state index contributed by atoms with van der Waals surface area (Å²) in [6, 6.07) is 9.36. The van der Waals surface area contributed by atoms with Crippen LogP contribution in [0.2, 0.25) is 0 Å². The van der Waals surface area contributed by atoms with E-state index in [0.29, 0.717) is 5.13 Å². The first kappa shape index (κ1) is 14.3. The second kappa shape index (κ2) is 6.40. The van der Waals surface area contributed by atoms with E-state index in [0.717, 1.165) is 11.3 Å². The van der Waals surface area contributed by atoms with Crippen LogP contribution in [0.15, 0.2) is 54.3 Å². The number of benzene rings is 1. The van der Waals surface area contributed by atoms with Crippen LogP contribution in [-0.2, 0) is 0 Å². The topological polar surface area (TPSA) is 71.8 Å². The molecular weight excluding hydrogens is 298 g/mol. The van der Waals surface area contributed by atoms with Crippen molar-refractivity contribution in [2.45, 2.75) is 13.0 Å². The van der Waals surface area contributed by atoms with E-state index in [-0.39, 0.29) is 12.1 Å². The molecule has 2 amide bonds. The monoisotopic (exact) mass is 313 g/mol. The molecule has 0 bridgehead atoms. The molecule has 6 nitrogen and oxygen atoms in total. The number of nitrogens with zero attached hydrogens (tertiary/aromatic N) is 3. The van der Waals surface area contributed by atoms with E-state index in [1.54, 1.807) is 17.1 Å². The highest BCUT2D eigenvalue weighted by Gasteiger charge is 2.11. The summed E-state index contributed by atoms with van der Waals surface area (Å²) in [6.07, 6.45) is 5.26. The molecule has 1 aromatic carbocycles. The summed E-state index contributed by atoms with van der Waals surface area (Å²) in [5, 5.41) is 12.2. The maximum atomic E-state index is 11.9. The number of anilines is 1. The van der Waals surface area contributed by atoms with Gasteiger partial charge in [0.25, 0.3) is 0 Å². The number of hydrogen-bond acceptors (Lipinski definition) is 4. The first-order valence-electron chi connectivity index (χ1n) is 6.79. The highest BCUT2D eigenvalue weighted by molar-refractivity contribution is 7.13. The minimum absolute atomic E-state index is 0.129. The van der Waals surface area contributed by atoms with Gasteiger partial charge in [-0.1, -0.05) is 12.1 Å². The predicted octanol–water partition coefficient (Wildman–Crippen LogP) is 3.21. The van der Waals surface area contributed by atoms with Gasteiger partial charge >= 0.3 is 6.03 Å². The van der Waals surface area contributed by atoms with Crippen molar-refractivity contribution in [3.05, 3.63) is 59.9 Å². The third-order valence-corrected chi connectivity index (χ3v) is 3.83. The second-order valence-electron chi connectivity index (χ2n) is 4.70. The summed E-state index contributed by atoms with van der Waals surface area (Å²) in [5.41, 5.74) is 1.96. The van der Waals surface area contributed by atoms with Crippen molar-refractivity contribution in [3.63, 3.8) is 0 Å². The molecule has 3 aromatic rings. The zero-order valence-corrected chi connectivity index (χ0v) is 12.7. The molecule has 0 radical (unpaired) electrons. The Kier molecular flexibility index (Phi) is 4.15. The lowest BCUT2D eigenvalue weighted by molar-refractivity contribution is 0.249. The molecule has 1 unspecified atom stereocenters. The van der Waals surface area contributed by atoms with Crippen molar-refractivity contribution in [1.29, 1.82) is 0 Å². The van der Waals surface area contributed by atoms with E-state index in [1.807, 2.05) is 48.8 Å². The minimum Gasteiger partial charge on any atom is -0.331 e. The SMILES string of the molecule is CC(NC(=O)Nc1nccs1)c1cccc(-n2cccn2)c1. The van der Waals surface area contributed by atoms with Gasteiger partial charge < -0.3 is 5.32 Å². The molecule has 0 saturated heterocycles. The normalized spacial score (nSPS) is 11.9. The largest absolute Gasteiger partial charge is 0.331 e. The Morgan fingerprint density at radius 1 is 1.32 bits per heavy atom. The van der Waals surface area contributed by atoms with E-state index in [9.17, 15) is 4.79 Å².